The molecular formula is C12H18N4O3. The zero-order chi connectivity index (χ0) is 14.0. The molecule has 1 fully saturated rings. The first kappa shape index (κ1) is 13.7. The van der Waals surface area contributed by atoms with Crippen molar-refractivity contribution in [3.63, 3.8) is 0 Å². The van der Waals surface area contributed by atoms with Gasteiger partial charge in [0.1, 0.15) is 12.0 Å². The lowest BCUT2D eigenvalue weighted by Crippen LogP contribution is -2.53. The van der Waals surface area contributed by atoms with Crippen LogP contribution in [0.5, 0.6) is 0 Å². The Morgan fingerprint density at radius 3 is 2.68 bits per heavy atom. The van der Waals surface area contributed by atoms with Crippen molar-refractivity contribution in [3.05, 3.63) is 27.9 Å². The summed E-state index contributed by atoms with van der Waals surface area (Å²) in [6, 6.07) is 1.72. The molecule has 7 nitrogen and oxygen atoms in total. The second kappa shape index (κ2) is 5.10. The third-order valence-electron chi connectivity index (χ3n) is 3.66. The fourth-order valence-corrected chi connectivity index (χ4v) is 2.24. The highest BCUT2D eigenvalue weighted by molar-refractivity contribution is 5.49. The van der Waals surface area contributed by atoms with Crippen LogP contribution in [0.4, 0.5) is 11.5 Å². The van der Waals surface area contributed by atoms with Gasteiger partial charge in [0.05, 0.1) is 11.5 Å². The van der Waals surface area contributed by atoms with Gasteiger partial charge in [0.2, 0.25) is 0 Å². The number of aliphatic hydroxyl groups is 1. The number of aromatic nitrogens is 1. The van der Waals surface area contributed by atoms with Crippen LogP contribution in [0.1, 0.15) is 18.4 Å². The molecule has 0 spiro atoms. The van der Waals surface area contributed by atoms with Crippen molar-refractivity contribution in [2.45, 2.75) is 25.3 Å². The molecule has 2 rings (SSSR count). The van der Waals surface area contributed by atoms with Crippen LogP contribution in [0.25, 0.3) is 0 Å². The van der Waals surface area contributed by atoms with Crippen LogP contribution in [0.3, 0.4) is 0 Å². The highest BCUT2D eigenvalue weighted by Gasteiger charge is 2.30. The van der Waals surface area contributed by atoms with Gasteiger partial charge < -0.3 is 15.7 Å². The van der Waals surface area contributed by atoms with E-state index in [1.54, 1.807) is 13.0 Å². The fraction of sp³-hybridized carbons (Fsp3) is 0.583. The number of aliphatic hydroxyl groups excluding tert-OH is 1. The Bertz CT molecular complexity index is 484. The van der Waals surface area contributed by atoms with Crippen LogP contribution in [0.15, 0.2) is 12.3 Å². The third kappa shape index (κ3) is 2.82. The molecule has 0 amide bonds. The second-order valence-corrected chi connectivity index (χ2v) is 5.09. The Labute approximate surface area is 111 Å². The molecule has 0 bridgehead atoms. The van der Waals surface area contributed by atoms with E-state index in [0.717, 1.165) is 5.82 Å². The van der Waals surface area contributed by atoms with E-state index in [-0.39, 0.29) is 12.3 Å². The number of rotatable bonds is 3. The standard InChI is InChI=1S/C12H18N4O3/c1-9-6-11(14-7-10(9)16(18)19)15-4-2-12(13,8-17)3-5-15/h6-7,17H,2-5,8,13H2,1H3. The lowest BCUT2D eigenvalue weighted by atomic mass is 9.89. The molecule has 1 aliphatic rings. The van der Waals surface area contributed by atoms with Gasteiger partial charge in [0.25, 0.3) is 5.69 Å². The summed E-state index contributed by atoms with van der Waals surface area (Å²) in [5.74, 6) is 0.725. The van der Waals surface area contributed by atoms with Crippen molar-refractivity contribution in [1.82, 2.24) is 4.98 Å². The molecule has 2 heterocycles. The van der Waals surface area contributed by atoms with Crippen LogP contribution >= 0.6 is 0 Å². The largest absolute Gasteiger partial charge is 0.394 e. The third-order valence-corrected chi connectivity index (χ3v) is 3.66. The Kier molecular flexibility index (Phi) is 3.68. The van der Waals surface area contributed by atoms with E-state index in [1.165, 1.54) is 6.20 Å². The van der Waals surface area contributed by atoms with E-state index in [4.69, 9.17) is 5.73 Å². The summed E-state index contributed by atoms with van der Waals surface area (Å²) in [6.45, 7) is 3.07. The molecule has 0 aliphatic carbocycles. The van der Waals surface area contributed by atoms with E-state index in [9.17, 15) is 15.2 Å². The molecule has 3 N–H and O–H groups in total. The first-order valence-corrected chi connectivity index (χ1v) is 6.21. The number of nitrogens with zero attached hydrogens (tertiary/aromatic N) is 3. The SMILES string of the molecule is Cc1cc(N2CCC(N)(CO)CC2)ncc1[N+](=O)[O-]. The number of aryl methyl sites for hydroxylation is 1. The van der Waals surface area contributed by atoms with Gasteiger partial charge in [-0.15, -0.1) is 0 Å². The smallest absolute Gasteiger partial charge is 0.290 e. The fourth-order valence-electron chi connectivity index (χ4n) is 2.24. The minimum absolute atomic E-state index is 0.0203. The highest BCUT2D eigenvalue weighted by Crippen LogP contribution is 2.26. The van der Waals surface area contributed by atoms with Crippen LogP contribution in [0.2, 0.25) is 0 Å². The second-order valence-electron chi connectivity index (χ2n) is 5.09. The molecular weight excluding hydrogens is 248 g/mol. The van der Waals surface area contributed by atoms with Crippen molar-refractivity contribution in [2.75, 3.05) is 24.6 Å². The van der Waals surface area contributed by atoms with Gasteiger partial charge >= 0.3 is 0 Å². The summed E-state index contributed by atoms with van der Waals surface area (Å²) in [4.78, 5) is 16.5. The molecule has 19 heavy (non-hydrogen) atoms. The molecule has 1 saturated heterocycles. The molecule has 0 saturated carbocycles. The quantitative estimate of drug-likeness (QED) is 0.612. The predicted molar refractivity (Wildman–Crippen MR) is 71.1 cm³/mol. The minimum atomic E-state index is -0.508. The van der Waals surface area contributed by atoms with Crippen molar-refractivity contribution >= 4 is 11.5 Å². The van der Waals surface area contributed by atoms with E-state index >= 15 is 0 Å². The van der Waals surface area contributed by atoms with Gasteiger partial charge in [-0.3, -0.25) is 10.1 Å². The molecule has 0 unspecified atom stereocenters. The topological polar surface area (TPSA) is 106 Å². The first-order valence-electron chi connectivity index (χ1n) is 6.21. The van der Waals surface area contributed by atoms with Crippen LogP contribution < -0.4 is 10.6 Å². The lowest BCUT2D eigenvalue weighted by molar-refractivity contribution is -0.385. The van der Waals surface area contributed by atoms with E-state index < -0.39 is 10.5 Å². The summed E-state index contributed by atoms with van der Waals surface area (Å²) >= 11 is 0. The van der Waals surface area contributed by atoms with Gasteiger partial charge in [0, 0.05) is 24.2 Å². The molecule has 0 aromatic carbocycles. The van der Waals surface area contributed by atoms with Gasteiger partial charge in [-0.25, -0.2) is 4.98 Å². The maximum absolute atomic E-state index is 10.7. The molecule has 1 aliphatic heterocycles. The highest BCUT2D eigenvalue weighted by atomic mass is 16.6. The summed E-state index contributed by atoms with van der Waals surface area (Å²) in [7, 11) is 0. The number of hydrogen-bond donors (Lipinski definition) is 2. The van der Waals surface area contributed by atoms with Gasteiger partial charge in [-0.1, -0.05) is 0 Å². The summed E-state index contributed by atoms with van der Waals surface area (Å²) < 4.78 is 0. The van der Waals surface area contributed by atoms with Gasteiger partial charge in [-0.2, -0.15) is 0 Å². The number of nitro groups is 1. The molecule has 0 radical (unpaired) electrons. The average Bonchev–Trinajstić information content (AvgIpc) is 2.39. The van der Waals surface area contributed by atoms with E-state index in [1.807, 2.05) is 4.90 Å². The zero-order valence-corrected chi connectivity index (χ0v) is 10.9. The Morgan fingerprint density at radius 2 is 2.21 bits per heavy atom. The Hall–Kier alpha value is -1.73. The van der Waals surface area contributed by atoms with Gasteiger partial charge in [0.15, 0.2) is 0 Å². The summed E-state index contributed by atoms with van der Waals surface area (Å²) in [5.41, 5.74) is 6.13. The molecule has 1 aromatic rings. The lowest BCUT2D eigenvalue weighted by Gasteiger charge is -2.38. The van der Waals surface area contributed by atoms with Crippen molar-refractivity contribution in [2.24, 2.45) is 5.73 Å². The molecule has 0 atom stereocenters. The van der Waals surface area contributed by atoms with Crippen molar-refractivity contribution in [1.29, 1.82) is 0 Å². The predicted octanol–water partition coefficient (Wildman–Crippen LogP) is 0.588. The number of nitrogens with two attached hydrogens (primary N) is 1. The number of hydrogen-bond acceptors (Lipinski definition) is 6. The van der Waals surface area contributed by atoms with Gasteiger partial charge in [-0.05, 0) is 25.8 Å². The maximum Gasteiger partial charge on any atom is 0.290 e. The normalized spacial score (nSPS) is 18.4. The van der Waals surface area contributed by atoms with E-state index in [0.29, 0.717) is 31.5 Å². The average molecular weight is 266 g/mol. The molecule has 7 heteroatoms. The van der Waals surface area contributed by atoms with Crippen molar-refractivity contribution in [3.8, 4) is 0 Å². The first-order chi connectivity index (χ1) is 8.95. The monoisotopic (exact) mass is 266 g/mol. The molecule has 1 aromatic heterocycles. The minimum Gasteiger partial charge on any atom is -0.394 e. The van der Waals surface area contributed by atoms with E-state index in [2.05, 4.69) is 4.98 Å². The number of anilines is 1. The Balaban J connectivity index is 2.12. The Morgan fingerprint density at radius 1 is 1.58 bits per heavy atom. The summed E-state index contributed by atoms with van der Waals surface area (Å²) in [6.07, 6.45) is 2.66. The number of pyridine rings is 1. The maximum atomic E-state index is 10.7. The zero-order valence-electron chi connectivity index (χ0n) is 10.9. The molecule has 104 valence electrons. The van der Waals surface area contributed by atoms with Crippen LogP contribution in [0, 0.1) is 17.0 Å². The summed E-state index contributed by atoms with van der Waals surface area (Å²) in [5, 5.41) is 20.0. The van der Waals surface area contributed by atoms with Crippen LogP contribution in [-0.2, 0) is 0 Å². The number of piperidine rings is 1. The van der Waals surface area contributed by atoms with Crippen molar-refractivity contribution < 1.29 is 10.0 Å². The van der Waals surface area contributed by atoms with Crippen LogP contribution in [-0.4, -0.2) is 40.2 Å².